The fraction of sp³-hybridized carbons (Fsp3) is 0.550. The Labute approximate surface area is 144 Å². The van der Waals surface area contributed by atoms with Crippen LogP contribution in [0.1, 0.15) is 45.4 Å². The lowest BCUT2D eigenvalue weighted by Gasteiger charge is -2.43. The molecule has 1 aromatic rings. The Morgan fingerprint density at radius 3 is 2.25 bits per heavy atom. The van der Waals surface area contributed by atoms with Crippen LogP contribution in [0.3, 0.4) is 0 Å². The van der Waals surface area contributed by atoms with E-state index in [1.165, 1.54) is 12.1 Å². The third-order valence-corrected chi connectivity index (χ3v) is 5.46. The highest BCUT2D eigenvalue weighted by molar-refractivity contribution is 5.82. The number of anilines is 1. The standard InChI is InChI=1S/C20H28FN3/c1-15(2)24(19-7-3-16(21)4-8-19)20-11-13-23(14-12-20)18-9-5-17(22)6-10-18/h3-4,7-8,18,20,22H,1,5-6,9-14H2,2H3. The summed E-state index contributed by atoms with van der Waals surface area (Å²) in [5, 5.41) is 7.78. The molecule has 0 atom stereocenters. The predicted molar refractivity (Wildman–Crippen MR) is 98.3 cm³/mol. The maximum absolute atomic E-state index is 13.2. The Hall–Kier alpha value is -1.68. The first kappa shape index (κ1) is 17.2. The van der Waals surface area contributed by atoms with E-state index in [9.17, 15) is 4.39 Å². The van der Waals surface area contributed by atoms with Crippen molar-refractivity contribution in [1.82, 2.24) is 4.90 Å². The summed E-state index contributed by atoms with van der Waals surface area (Å²) in [6.07, 6.45) is 6.45. The van der Waals surface area contributed by atoms with Crippen molar-refractivity contribution in [3.05, 3.63) is 42.4 Å². The van der Waals surface area contributed by atoms with Crippen LogP contribution in [0, 0.1) is 11.2 Å². The molecule has 3 nitrogen and oxygen atoms in total. The molecule has 130 valence electrons. The molecule has 1 N–H and O–H groups in total. The summed E-state index contributed by atoms with van der Waals surface area (Å²) >= 11 is 0. The Morgan fingerprint density at radius 1 is 1.12 bits per heavy atom. The van der Waals surface area contributed by atoms with Gasteiger partial charge in [-0.05, 0) is 69.7 Å². The molecule has 0 bridgehead atoms. The van der Waals surface area contributed by atoms with Crippen LogP contribution < -0.4 is 4.90 Å². The second-order valence-corrected chi connectivity index (χ2v) is 7.18. The first-order chi connectivity index (χ1) is 11.5. The van der Waals surface area contributed by atoms with Crippen molar-refractivity contribution in [2.45, 2.75) is 57.5 Å². The van der Waals surface area contributed by atoms with Gasteiger partial charge in [-0.2, -0.15) is 0 Å². The largest absolute Gasteiger partial charge is 0.343 e. The minimum absolute atomic E-state index is 0.196. The van der Waals surface area contributed by atoms with Gasteiger partial charge >= 0.3 is 0 Å². The zero-order valence-corrected chi connectivity index (χ0v) is 14.6. The van der Waals surface area contributed by atoms with E-state index in [0.29, 0.717) is 12.1 Å². The van der Waals surface area contributed by atoms with Crippen LogP contribution in [0.15, 0.2) is 36.5 Å². The minimum atomic E-state index is -0.196. The molecule has 1 aliphatic heterocycles. The van der Waals surface area contributed by atoms with Crippen LogP contribution in [-0.4, -0.2) is 35.8 Å². The van der Waals surface area contributed by atoms with Gasteiger partial charge in [0.15, 0.2) is 0 Å². The van der Waals surface area contributed by atoms with Gasteiger partial charge < -0.3 is 15.2 Å². The molecule has 0 unspecified atom stereocenters. The smallest absolute Gasteiger partial charge is 0.123 e. The second-order valence-electron chi connectivity index (χ2n) is 7.18. The van der Waals surface area contributed by atoms with E-state index in [0.717, 1.165) is 68.7 Å². The van der Waals surface area contributed by atoms with E-state index < -0.39 is 0 Å². The summed E-state index contributed by atoms with van der Waals surface area (Å²) in [6.45, 7) is 8.38. The molecule has 4 heteroatoms. The van der Waals surface area contributed by atoms with E-state index >= 15 is 0 Å². The van der Waals surface area contributed by atoms with E-state index in [1.807, 2.05) is 19.1 Å². The van der Waals surface area contributed by atoms with Crippen molar-refractivity contribution in [1.29, 1.82) is 5.41 Å². The molecule has 1 saturated heterocycles. The molecule has 0 aromatic heterocycles. The molecule has 1 aliphatic carbocycles. The second kappa shape index (κ2) is 7.47. The van der Waals surface area contributed by atoms with Crippen molar-refractivity contribution in [2.75, 3.05) is 18.0 Å². The first-order valence-electron chi connectivity index (χ1n) is 9.05. The number of nitrogens with one attached hydrogen (secondary N) is 1. The van der Waals surface area contributed by atoms with Crippen LogP contribution >= 0.6 is 0 Å². The number of benzene rings is 1. The quantitative estimate of drug-likeness (QED) is 0.875. The van der Waals surface area contributed by atoms with Crippen molar-refractivity contribution in [2.24, 2.45) is 0 Å². The van der Waals surface area contributed by atoms with Crippen LogP contribution in [0.4, 0.5) is 10.1 Å². The molecule has 1 heterocycles. The average Bonchev–Trinajstić information content (AvgIpc) is 2.58. The van der Waals surface area contributed by atoms with Gasteiger partial charge in [-0.1, -0.05) is 6.58 Å². The van der Waals surface area contributed by atoms with E-state index in [-0.39, 0.29) is 5.82 Å². The molecule has 2 aliphatic rings. The topological polar surface area (TPSA) is 30.3 Å². The molecule has 1 aromatic carbocycles. The lowest BCUT2D eigenvalue weighted by molar-refractivity contribution is 0.136. The number of allylic oxidation sites excluding steroid dienone is 1. The highest BCUT2D eigenvalue weighted by Crippen LogP contribution is 2.30. The average molecular weight is 329 g/mol. The van der Waals surface area contributed by atoms with Crippen molar-refractivity contribution in [3.8, 4) is 0 Å². The fourth-order valence-corrected chi connectivity index (χ4v) is 4.17. The van der Waals surface area contributed by atoms with Crippen molar-refractivity contribution < 1.29 is 4.39 Å². The normalized spacial score (nSPS) is 23.2. The number of likely N-dealkylation sites (tertiary alicyclic amines) is 1. The SMILES string of the molecule is C=C(C)N(c1ccc(F)cc1)C1CCN(C2CCC(=N)CC2)CC1. The molecule has 0 radical (unpaired) electrons. The summed E-state index contributed by atoms with van der Waals surface area (Å²) in [6, 6.07) is 7.84. The number of piperidine rings is 1. The lowest BCUT2D eigenvalue weighted by Crippen LogP contribution is -2.48. The van der Waals surface area contributed by atoms with Gasteiger partial charge in [0.25, 0.3) is 0 Å². The number of halogens is 1. The van der Waals surface area contributed by atoms with Gasteiger partial charge in [0.05, 0.1) is 0 Å². The van der Waals surface area contributed by atoms with Crippen LogP contribution in [-0.2, 0) is 0 Å². The van der Waals surface area contributed by atoms with Gasteiger partial charge in [-0.3, -0.25) is 0 Å². The molecule has 2 fully saturated rings. The van der Waals surface area contributed by atoms with Gasteiger partial charge in [0, 0.05) is 42.3 Å². The summed E-state index contributed by atoms with van der Waals surface area (Å²) in [5.41, 5.74) is 2.98. The Bertz CT molecular complexity index is 577. The predicted octanol–water partition coefficient (Wildman–Crippen LogP) is 4.59. The molecule has 0 amide bonds. The van der Waals surface area contributed by atoms with Gasteiger partial charge in [-0.15, -0.1) is 0 Å². The van der Waals surface area contributed by atoms with E-state index in [2.05, 4.69) is 16.4 Å². The molecule has 24 heavy (non-hydrogen) atoms. The molecular weight excluding hydrogens is 301 g/mol. The maximum atomic E-state index is 13.2. The number of rotatable bonds is 4. The summed E-state index contributed by atoms with van der Waals surface area (Å²) in [5.74, 6) is -0.196. The Kier molecular flexibility index (Phi) is 5.34. The van der Waals surface area contributed by atoms with Gasteiger partial charge in [0.2, 0.25) is 0 Å². The summed E-state index contributed by atoms with van der Waals surface area (Å²) in [4.78, 5) is 4.89. The van der Waals surface area contributed by atoms with Gasteiger partial charge in [0.1, 0.15) is 5.82 Å². The first-order valence-corrected chi connectivity index (χ1v) is 9.05. The molecule has 3 rings (SSSR count). The van der Waals surface area contributed by atoms with Crippen molar-refractivity contribution >= 4 is 11.4 Å². The Morgan fingerprint density at radius 2 is 1.71 bits per heavy atom. The fourth-order valence-electron chi connectivity index (χ4n) is 4.17. The number of nitrogens with zero attached hydrogens (tertiary/aromatic N) is 2. The molecular formula is C20H28FN3. The van der Waals surface area contributed by atoms with Crippen LogP contribution in [0.25, 0.3) is 0 Å². The van der Waals surface area contributed by atoms with Crippen LogP contribution in [0.2, 0.25) is 0 Å². The number of hydrogen-bond donors (Lipinski definition) is 1. The summed E-state index contributed by atoms with van der Waals surface area (Å²) in [7, 11) is 0. The third kappa shape index (κ3) is 3.86. The highest BCUT2D eigenvalue weighted by atomic mass is 19.1. The minimum Gasteiger partial charge on any atom is -0.343 e. The Balaban J connectivity index is 1.62. The van der Waals surface area contributed by atoms with E-state index in [1.54, 1.807) is 0 Å². The monoisotopic (exact) mass is 329 g/mol. The maximum Gasteiger partial charge on any atom is 0.123 e. The number of hydrogen-bond acceptors (Lipinski definition) is 3. The highest BCUT2D eigenvalue weighted by Gasteiger charge is 2.30. The van der Waals surface area contributed by atoms with Crippen molar-refractivity contribution in [3.63, 3.8) is 0 Å². The lowest BCUT2D eigenvalue weighted by atomic mass is 9.90. The van der Waals surface area contributed by atoms with Crippen LogP contribution in [0.5, 0.6) is 0 Å². The molecule has 0 spiro atoms. The van der Waals surface area contributed by atoms with Gasteiger partial charge in [-0.25, -0.2) is 4.39 Å². The third-order valence-electron chi connectivity index (χ3n) is 5.46. The zero-order chi connectivity index (χ0) is 17.1. The zero-order valence-electron chi connectivity index (χ0n) is 14.6. The van der Waals surface area contributed by atoms with E-state index in [4.69, 9.17) is 5.41 Å². The molecule has 1 saturated carbocycles. The summed E-state index contributed by atoms with van der Waals surface area (Å²) < 4.78 is 13.2.